The molecule has 2 amide bonds. The van der Waals surface area contributed by atoms with E-state index in [9.17, 15) is 9.59 Å². The second-order valence-electron chi connectivity index (χ2n) is 7.59. The van der Waals surface area contributed by atoms with Crippen LogP contribution in [0, 0.1) is 18.8 Å². The van der Waals surface area contributed by atoms with Crippen molar-refractivity contribution in [2.75, 3.05) is 11.4 Å². The summed E-state index contributed by atoms with van der Waals surface area (Å²) in [6.45, 7) is 2.35. The number of halogens is 2. The highest BCUT2D eigenvalue weighted by molar-refractivity contribution is 6.42. The molecule has 1 spiro atoms. The monoisotopic (exact) mass is 433 g/mol. The largest absolute Gasteiger partial charge is 0.360 e. The molecule has 4 heterocycles. The molecule has 1 aromatic carbocycles. The maximum Gasteiger partial charge on any atom is 0.235 e. The molecular weight excluding hydrogens is 417 g/mol. The fourth-order valence-electron chi connectivity index (χ4n) is 4.43. The lowest BCUT2D eigenvalue weighted by Crippen LogP contribution is -2.44. The van der Waals surface area contributed by atoms with Gasteiger partial charge in [-0.05, 0) is 24.6 Å². The first-order valence-electron chi connectivity index (χ1n) is 9.21. The number of aryl methyl sites for hydroxylation is 1. The van der Waals surface area contributed by atoms with Crippen molar-refractivity contribution in [1.29, 1.82) is 0 Å². The molecule has 1 N–H and O–H groups in total. The normalized spacial score (nSPS) is 29.6. The molecule has 1 aromatic heterocycles. The lowest BCUT2D eigenvalue weighted by molar-refractivity contribution is -0.132. The van der Waals surface area contributed by atoms with Gasteiger partial charge in [-0.25, -0.2) is 0 Å². The minimum absolute atomic E-state index is 0.181. The first-order chi connectivity index (χ1) is 13.9. The van der Waals surface area contributed by atoms with Gasteiger partial charge in [-0.3, -0.25) is 14.5 Å². The first kappa shape index (κ1) is 18.7. The summed E-state index contributed by atoms with van der Waals surface area (Å²) >= 11 is 12.0. The van der Waals surface area contributed by atoms with Crippen LogP contribution in [0.15, 0.2) is 40.9 Å². The minimum Gasteiger partial charge on any atom is -0.360 e. The van der Waals surface area contributed by atoms with Crippen molar-refractivity contribution in [2.24, 2.45) is 11.8 Å². The van der Waals surface area contributed by atoms with Crippen molar-refractivity contribution in [1.82, 2.24) is 10.5 Å². The predicted molar refractivity (Wildman–Crippen MR) is 106 cm³/mol. The molecule has 150 valence electrons. The van der Waals surface area contributed by atoms with Crippen LogP contribution in [0.1, 0.15) is 11.3 Å². The molecule has 0 unspecified atom stereocenters. The van der Waals surface area contributed by atoms with E-state index in [4.69, 9.17) is 32.5 Å². The van der Waals surface area contributed by atoms with Crippen molar-refractivity contribution in [3.05, 3.63) is 57.8 Å². The Morgan fingerprint density at radius 1 is 1.34 bits per heavy atom. The number of amides is 2. The fourth-order valence-corrected chi connectivity index (χ4v) is 4.75. The standard InChI is InChI=1S/C20H17Cl2N3O4/c1-10-6-15(24-29-10)25-9-20-5-4-14(28-20)16(17(20)19(25)27)18(26)23-8-11-2-3-12(21)13(22)7-11/h2-7,14,16-17H,8-9H2,1H3,(H,23,26)/t14-,16+,17-,20-/m1/s1. The number of ether oxygens (including phenoxy) is 1. The maximum absolute atomic E-state index is 13.2. The number of hydrogen-bond acceptors (Lipinski definition) is 5. The third kappa shape index (κ3) is 2.87. The average Bonchev–Trinajstić information content (AvgIpc) is 3.43. The Kier molecular flexibility index (Phi) is 4.24. The fraction of sp³-hybridized carbons (Fsp3) is 0.350. The lowest BCUT2D eigenvalue weighted by atomic mass is 9.77. The number of carbonyl (C=O) groups is 2. The molecule has 5 rings (SSSR count). The van der Waals surface area contributed by atoms with E-state index in [2.05, 4.69) is 10.5 Å². The third-order valence-corrected chi connectivity index (χ3v) is 6.48. The molecule has 7 nitrogen and oxygen atoms in total. The highest BCUT2D eigenvalue weighted by Gasteiger charge is 2.67. The van der Waals surface area contributed by atoms with Gasteiger partial charge in [0.1, 0.15) is 11.4 Å². The van der Waals surface area contributed by atoms with Gasteiger partial charge < -0.3 is 14.6 Å². The quantitative estimate of drug-likeness (QED) is 0.749. The zero-order chi connectivity index (χ0) is 20.3. The number of benzene rings is 1. The SMILES string of the molecule is Cc1cc(N2C[C@@]34C=C[C@@H](O3)[C@H](C(=O)NCc3ccc(Cl)c(Cl)c3)[C@@H]4C2=O)no1. The van der Waals surface area contributed by atoms with E-state index >= 15 is 0 Å². The Morgan fingerprint density at radius 2 is 2.17 bits per heavy atom. The molecule has 2 saturated heterocycles. The van der Waals surface area contributed by atoms with Crippen LogP contribution >= 0.6 is 23.2 Å². The first-order valence-corrected chi connectivity index (χ1v) is 9.97. The number of carbonyl (C=O) groups excluding carboxylic acids is 2. The molecule has 0 saturated carbocycles. The van der Waals surface area contributed by atoms with Crippen molar-refractivity contribution >= 4 is 40.8 Å². The van der Waals surface area contributed by atoms with Crippen LogP contribution in [0.4, 0.5) is 5.82 Å². The van der Waals surface area contributed by atoms with E-state index in [0.29, 0.717) is 28.2 Å². The predicted octanol–water partition coefficient (Wildman–Crippen LogP) is 2.89. The van der Waals surface area contributed by atoms with Gasteiger partial charge in [-0.15, -0.1) is 0 Å². The Bertz CT molecular complexity index is 1050. The van der Waals surface area contributed by atoms with Crippen molar-refractivity contribution in [3.8, 4) is 0 Å². The zero-order valence-electron chi connectivity index (χ0n) is 15.4. The molecule has 2 fully saturated rings. The van der Waals surface area contributed by atoms with Crippen LogP contribution in [0.3, 0.4) is 0 Å². The Hall–Kier alpha value is -2.35. The maximum atomic E-state index is 13.2. The average molecular weight is 434 g/mol. The van der Waals surface area contributed by atoms with Crippen LogP contribution in [-0.2, 0) is 20.9 Å². The van der Waals surface area contributed by atoms with E-state index < -0.39 is 23.5 Å². The van der Waals surface area contributed by atoms with Gasteiger partial charge in [-0.1, -0.05) is 46.6 Å². The van der Waals surface area contributed by atoms with E-state index in [1.54, 1.807) is 31.2 Å². The van der Waals surface area contributed by atoms with Crippen LogP contribution < -0.4 is 10.2 Å². The number of nitrogens with zero attached hydrogens (tertiary/aromatic N) is 2. The molecule has 29 heavy (non-hydrogen) atoms. The third-order valence-electron chi connectivity index (χ3n) is 5.75. The summed E-state index contributed by atoms with van der Waals surface area (Å²) < 4.78 is 11.2. The van der Waals surface area contributed by atoms with Gasteiger partial charge in [0.05, 0.1) is 34.5 Å². The topological polar surface area (TPSA) is 84.7 Å². The summed E-state index contributed by atoms with van der Waals surface area (Å²) in [7, 11) is 0. The molecule has 2 aromatic rings. The summed E-state index contributed by atoms with van der Waals surface area (Å²) in [6.07, 6.45) is 3.35. The van der Waals surface area contributed by atoms with Gasteiger partial charge in [0.15, 0.2) is 5.82 Å². The van der Waals surface area contributed by atoms with Crippen molar-refractivity contribution < 1.29 is 18.8 Å². The summed E-state index contributed by atoms with van der Waals surface area (Å²) in [4.78, 5) is 27.7. The minimum atomic E-state index is -0.805. The molecule has 2 bridgehead atoms. The van der Waals surface area contributed by atoms with Crippen molar-refractivity contribution in [2.45, 2.75) is 25.2 Å². The summed E-state index contributed by atoms with van der Waals surface area (Å²) in [6, 6.07) is 6.88. The highest BCUT2D eigenvalue weighted by atomic mass is 35.5. The summed E-state index contributed by atoms with van der Waals surface area (Å²) in [5.74, 6) is -0.564. The summed E-state index contributed by atoms with van der Waals surface area (Å²) in [5, 5.41) is 7.72. The zero-order valence-corrected chi connectivity index (χ0v) is 16.9. The van der Waals surface area contributed by atoms with Gasteiger partial charge in [0.2, 0.25) is 11.8 Å². The Morgan fingerprint density at radius 3 is 2.90 bits per heavy atom. The van der Waals surface area contributed by atoms with Crippen LogP contribution in [0.2, 0.25) is 10.0 Å². The second-order valence-corrected chi connectivity index (χ2v) is 8.40. The molecular formula is C20H17Cl2N3O4. The molecule has 3 aliphatic heterocycles. The molecule has 0 radical (unpaired) electrons. The van der Waals surface area contributed by atoms with Gasteiger partial charge in [0, 0.05) is 12.6 Å². The molecule has 0 aliphatic carbocycles. The number of anilines is 1. The molecule has 4 atom stereocenters. The lowest BCUT2D eigenvalue weighted by Gasteiger charge is -2.23. The van der Waals surface area contributed by atoms with Crippen LogP contribution in [-0.4, -0.2) is 35.2 Å². The Labute approximate surface area is 176 Å². The van der Waals surface area contributed by atoms with Crippen LogP contribution in [0.25, 0.3) is 0 Å². The number of hydrogen-bond donors (Lipinski definition) is 1. The van der Waals surface area contributed by atoms with E-state index in [1.807, 2.05) is 12.2 Å². The Balaban J connectivity index is 1.36. The van der Waals surface area contributed by atoms with Crippen molar-refractivity contribution in [3.63, 3.8) is 0 Å². The van der Waals surface area contributed by atoms with Gasteiger partial charge >= 0.3 is 0 Å². The summed E-state index contributed by atoms with van der Waals surface area (Å²) in [5.41, 5.74) is 0.0136. The highest BCUT2D eigenvalue weighted by Crippen LogP contribution is 2.52. The van der Waals surface area contributed by atoms with Crippen LogP contribution in [0.5, 0.6) is 0 Å². The van der Waals surface area contributed by atoms with E-state index in [0.717, 1.165) is 5.56 Å². The molecule has 9 heteroatoms. The second kappa shape index (κ2) is 6.58. The number of rotatable bonds is 4. The van der Waals surface area contributed by atoms with E-state index in [1.165, 1.54) is 4.90 Å². The van der Waals surface area contributed by atoms with E-state index in [-0.39, 0.29) is 18.4 Å². The van der Waals surface area contributed by atoms with Gasteiger partial charge in [-0.2, -0.15) is 0 Å². The number of nitrogens with one attached hydrogen (secondary N) is 1. The molecule has 3 aliphatic rings. The smallest absolute Gasteiger partial charge is 0.235 e. The number of fused-ring (bicyclic) bond motifs is 1. The number of aromatic nitrogens is 1. The van der Waals surface area contributed by atoms with Gasteiger partial charge in [0.25, 0.3) is 0 Å².